The van der Waals surface area contributed by atoms with E-state index in [9.17, 15) is 5.26 Å². The molecular weight excluding hydrogens is 394 g/mol. The van der Waals surface area contributed by atoms with Crippen molar-refractivity contribution < 1.29 is 9.47 Å². The summed E-state index contributed by atoms with van der Waals surface area (Å²) in [6.07, 6.45) is 4.22. The van der Waals surface area contributed by atoms with Crippen molar-refractivity contribution >= 4 is 16.8 Å². The molecule has 0 saturated heterocycles. The number of hydrogen-bond donors (Lipinski definition) is 0. The average molecular weight is 418 g/mol. The normalized spacial score (nSPS) is 16.9. The molecule has 0 radical (unpaired) electrons. The number of methoxy groups -OCH3 is 1. The second-order valence-corrected chi connectivity index (χ2v) is 8.10. The SMILES string of the molecule is COCc1ccc(C2(c3ccccc3C#N)C=Cc3c(ccc4ccccc34)O2)cc1C. The number of nitrogens with zero attached hydrogens (tertiary/aromatic N) is 1. The van der Waals surface area contributed by atoms with E-state index in [0.29, 0.717) is 12.2 Å². The summed E-state index contributed by atoms with van der Waals surface area (Å²) in [6, 6.07) is 28.7. The molecule has 1 heterocycles. The lowest BCUT2D eigenvalue weighted by molar-refractivity contribution is 0.160. The first-order valence-corrected chi connectivity index (χ1v) is 10.6. The van der Waals surface area contributed by atoms with Crippen LogP contribution in [0.1, 0.15) is 33.4 Å². The second kappa shape index (κ2) is 8.00. The van der Waals surface area contributed by atoms with E-state index in [2.05, 4.69) is 61.5 Å². The fourth-order valence-corrected chi connectivity index (χ4v) is 4.55. The van der Waals surface area contributed by atoms with Gasteiger partial charge in [-0.05, 0) is 53.1 Å². The molecule has 0 fully saturated rings. The van der Waals surface area contributed by atoms with Gasteiger partial charge in [-0.2, -0.15) is 5.26 Å². The highest BCUT2D eigenvalue weighted by Gasteiger charge is 2.39. The molecule has 3 nitrogen and oxygen atoms in total. The fraction of sp³-hybridized carbons (Fsp3) is 0.138. The van der Waals surface area contributed by atoms with Crippen LogP contribution in [-0.2, 0) is 16.9 Å². The van der Waals surface area contributed by atoms with E-state index in [4.69, 9.17) is 9.47 Å². The van der Waals surface area contributed by atoms with Crippen molar-refractivity contribution in [3.8, 4) is 11.8 Å². The zero-order valence-electron chi connectivity index (χ0n) is 18.1. The van der Waals surface area contributed by atoms with E-state index in [0.717, 1.165) is 39.0 Å². The maximum atomic E-state index is 9.87. The van der Waals surface area contributed by atoms with Gasteiger partial charge in [0.15, 0.2) is 5.60 Å². The third-order valence-electron chi connectivity index (χ3n) is 6.21. The maximum absolute atomic E-state index is 9.87. The van der Waals surface area contributed by atoms with Gasteiger partial charge in [-0.3, -0.25) is 0 Å². The molecule has 0 spiro atoms. The van der Waals surface area contributed by atoms with Crippen molar-refractivity contribution in [2.75, 3.05) is 7.11 Å². The van der Waals surface area contributed by atoms with E-state index >= 15 is 0 Å². The van der Waals surface area contributed by atoms with Gasteiger partial charge < -0.3 is 9.47 Å². The first kappa shape index (κ1) is 20.1. The van der Waals surface area contributed by atoms with E-state index < -0.39 is 5.60 Å². The molecule has 0 N–H and O–H groups in total. The van der Waals surface area contributed by atoms with Gasteiger partial charge in [-0.25, -0.2) is 0 Å². The molecule has 0 saturated carbocycles. The molecule has 5 rings (SSSR count). The summed E-state index contributed by atoms with van der Waals surface area (Å²) < 4.78 is 12.2. The van der Waals surface area contributed by atoms with E-state index in [1.54, 1.807) is 7.11 Å². The Morgan fingerprint density at radius 1 is 0.969 bits per heavy atom. The Hall–Kier alpha value is -3.87. The average Bonchev–Trinajstić information content (AvgIpc) is 2.84. The van der Waals surface area contributed by atoms with Crippen LogP contribution in [0.15, 0.2) is 84.9 Å². The van der Waals surface area contributed by atoms with Gasteiger partial charge in [0.05, 0.1) is 18.2 Å². The van der Waals surface area contributed by atoms with Crippen molar-refractivity contribution in [2.45, 2.75) is 19.1 Å². The molecule has 1 aliphatic heterocycles. The first-order chi connectivity index (χ1) is 15.7. The first-order valence-electron chi connectivity index (χ1n) is 10.6. The van der Waals surface area contributed by atoms with Gasteiger partial charge in [0.25, 0.3) is 0 Å². The summed E-state index contributed by atoms with van der Waals surface area (Å²) >= 11 is 0. The van der Waals surface area contributed by atoms with Crippen molar-refractivity contribution in [1.82, 2.24) is 0 Å². The summed E-state index contributed by atoms with van der Waals surface area (Å²) in [4.78, 5) is 0. The van der Waals surface area contributed by atoms with Crippen LogP contribution in [0.5, 0.6) is 5.75 Å². The molecular formula is C29H23NO2. The Morgan fingerprint density at radius 3 is 2.59 bits per heavy atom. The van der Waals surface area contributed by atoms with Gasteiger partial charge in [0, 0.05) is 23.8 Å². The number of aryl methyl sites for hydroxylation is 1. The Labute approximate surface area is 188 Å². The molecule has 0 aliphatic carbocycles. The monoisotopic (exact) mass is 417 g/mol. The van der Waals surface area contributed by atoms with Crippen molar-refractivity contribution in [1.29, 1.82) is 5.26 Å². The molecule has 4 aromatic rings. The minimum Gasteiger partial charge on any atom is -0.473 e. The number of ether oxygens (including phenoxy) is 2. The maximum Gasteiger partial charge on any atom is 0.179 e. The predicted octanol–water partition coefficient (Wildman–Crippen LogP) is 6.52. The molecule has 3 heteroatoms. The zero-order chi connectivity index (χ0) is 22.1. The Morgan fingerprint density at radius 2 is 1.78 bits per heavy atom. The topological polar surface area (TPSA) is 42.2 Å². The number of hydrogen-bond acceptors (Lipinski definition) is 3. The highest BCUT2D eigenvalue weighted by Crippen LogP contribution is 2.45. The zero-order valence-corrected chi connectivity index (χ0v) is 18.1. The summed E-state index contributed by atoms with van der Waals surface area (Å²) in [7, 11) is 1.70. The van der Waals surface area contributed by atoms with Crippen LogP contribution in [0.2, 0.25) is 0 Å². The van der Waals surface area contributed by atoms with Crippen LogP contribution in [0.25, 0.3) is 16.8 Å². The molecule has 0 amide bonds. The summed E-state index contributed by atoms with van der Waals surface area (Å²) in [5, 5.41) is 12.2. The van der Waals surface area contributed by atoms with Gasteiger partial charge in [-0.15, -0.1) is 0 Å². The molecule has 1 aliphatic rings. The van der Waals surface area contributed by atoms with Crippen molar-refractivity contribution in [3.63, 3.8) is 0 Å². The number of nitriles is 1. The smallest absolute Gasteiger partial charge is 0.179 e. The third-order valence-corrected chi connectivity index (χ3v) is 6.21. The molecule has 156 valence electrons. The molecule has 1 atom stereocenters. The second-order valence-electron chi connectivity index (χ2n) is 8.10. The Bertz CT molecular complexity index is 1400. The molecule has 32 heavy (non-hydrogen) atoms. The lowest BCUT2D eigenvalue weighted by Gasteiger charge is -2.37. The Kier molecular flexibility index (Phi) is 5.01. The molecule has 0 bridgehead atoms. The van der Waals surface area contributed by atoms with Crippen LogP contribution < -0.4 is 4.74 Å². The highest BCUT2D eigenvalue weighted by molar-refractivity contribution is 5.94. The standard InChI is InChI=1S/C29H23NO2/c1-20-17-24(13-11-23(20)19-31-2)29(27-10-6-4-8-22(27)18-30)16-15-26-25-9-5-3-7-21(25)12-14-28(26)32-29/h3-17H,19H2,1-2H3. The van der Waals surface area contributed by atoms with Crippen molar-refractivity contribution in [2.24, 2.45) is 0 Å². The van der Waals surface area contributed by atoms with E-state index in [1.165, 1.54) is 5.39 Å². The predicted molar refractivity (Wildman–Crippen MR) is 127 cm³/mol. The molecule has 1 unspecified atom stereocenters. The molecule has 4 aromatic carbocycles. The van der Waals surface area contributed by atoms with Crippen LogP contribution in [-0.4, -0.2) is 7.11 Å². The minimum absolute atomic E-state index is 0.555. The summed E-state index contributed by atoms with van der Waals surface area (Å²) in [5.74, 6) is 0.803. The number of benzene rings is 4. The summed E-state index contributed by atoms with van der Waals surface area (Å²) in [5.41, 5.74) is 4.81. The van der Waals surface area contributed by atoms with Gasteiger partial charge in [0.1, 0.15) is 5.75 Å². The summed E-state index contributed by atoms with van der Waals surface area (Å²) in [6.45, 7) is 2.63. The van der Waals surface area contributed by atoms with Gasteiger partial charge in [0.2, 0.25) is 0 Å². The quantitative estimate of drug-likeness (QED) is 0.380. The van der Waals surface area contributed by atoms with E-state index in [-0.39, 0.29) is 0 Å². The number of rotatable bonds is 4. The lowest BCUT2D eigenvalue weighted by atomic mass is 9.80. The minimum atomic E-state index is -0.905. The van der Waals surface area contributed by atoms with E-state index in [1.807, 2.05) is 42.5 Å². The van der Waals surface area contributed by atoms with Gasteiger partial charge >= 0.3 is 0 Å². The van der Waals surface area contributed by atoms with Crippen LogP contribution >= 0.6 is 0 Å². The lowest BCUT2D eigenvalue weighted by Crippen LogP contribution is -2.35. The fourth-order valence-electron chi connectivity index (χ4n) is 4.55. The highest BCUT2D eigenvalue weighted by atomic mass is 16.5. The van der Waals surface area contributed by atoms with Crippen LogP contribution in [0.4, 0.5) is 0 Å². The van der Waals surface area contributed by atoms with Gasteiger partial charge in [-0.1, -0.05) is 66.7 Å². The van der Waals surface area contributed by atoms with Crippen LogP contribution in [0, 0.1) is 18.3 Å². The van der Waals surface area contributed by atoms with Crippen molar-refractivity contribution in [3.05, 3.63) is 118 Å². The largest absolute Gasteiger partial charge is 0.473 e. The molecule has 0 aromatic heterocycles. The number of fused-ring (bicyclic) bond motifs is 3. The third kappa shape index (κ3) is 3.17. The van der Waals surface area contributed by atoms with Crippen LogP contribution in [0.3, 0.4) is 0 Å². The Balaban J connectivity index is 1.75.